The van der Waals surface area contributed by atoms with Crippen LogP contribution in [0.15, 0.2) is 24.7 Å². The van der Waals surface area contributed by atoms with Crippen molar-refractivity contribution >= 4 is 0 Å². The number of rotatable bonds is 6. The fourth-order valence-corrected chi connectivity index (χ4v) is 2.04. The molecule has 2 heterocycles. The van der Waals surface area contributed by atoms with Crippen LogP contribution in [0.3, 0.4) is 0 Å². The first-order valence-corrected chi connectivity index (χ1v) is 6.45. The Morgan fingerprint density at radius 1 is 1.33 bits per heavy atom. The van der Waals surface area contributed by atoms with Crippen molar-refractivity contribution in [1.29, 1.82) is 0 Å². The van der Waals surface area contributed by atoms with Crippen LogP contribution in [0.2, 0.25) is 0 Å². The molecule has 0 spiro atoms. The molecule has 98 valence electrons. The van der Waals surface area contributed by atoms with Gasteiger partial charge < -0.3 is 5.11 Å². The molecule has 5 nitrogen and oxygen atoms in total. The van der Waals surface area contributed by atoms with E-state index in [2.05, 4.69) is 17.1 Å². The van der Waals surface area contributed by atoms with Crippen LogP contribution < -0.4 is 0 Å². The zero-order valence-electron chi connectivity index (χ0n) is 11.0. The monoisotopic (exact) mass is 248 g/mol. The molecule has 0 fully saturated rings. The van der Waals surface area contributed by atoms with E-state index in [4.69, 9.17) is 0 Å². The summed E-state index contributed by atoms with van der Waals surface area (Å²) in [4.78, 5) is 0. The van der Waals surface area contributed by atoms with Gasteiger partial charge in [-0.1, -0.05) is 6.92 Å². The standard InChI is InChI=1S/C13H20N4O/c1-3-7-17-12(5-6-14-17)13(18)8-11-9-15-16(4-2)10-11/h5-6,9-10,13,18H,3-4,7-8H2,1-2H3. The number of hydrogen-bond acceptors (Lipinski definition) is 3. The highest BCUT2D eigenvalue weighted by atomic mass is 16.3. The Morgan fingerprint density at radius 3 is 2.83 bits per heavy atom. The predicted octanol–water partition coefficient (Wildman–Crippen LogP) is 1.79. The van der Waals surface area contributed by atoms with Crippen molar-refractivity contribution in [2.45, 2.75) is 45.9 Å². The fourth-order valence-electron chi connectivity index (χ4n) is 2.04. The van der Waals surface area contributed by atoms with Crippen LogP contribution in [0.5, 0.6) is 0 Å². The molecule has 0 saturated heterocycles. The van der Waals surface area contributed by atoms with E-state index < -0.39 is 6.10 Å². The van der Waals surface area contributed by atoms with Gasteiger partial charge in [0.1, 0.15) is 0 Å². The van der Waals surface area contributed by atoms with E-state index in [0.29, 0.717) is 6.42 Å². The maximum atomic E-state index is 10.3. The number of aliphatic hydroxyl groups is 1. The lowest BCUT2D eigenvalue weighted by atomic mass is 10.1. The van der Waals surface area contributed by atoms with Gasteiger partial charge in [0.15, 0.2) is 0 Å². The highest BCUT2D eigenvalue weighted by Crippen LogP contribution is 2.18. The van der Waals surface area contributed by atoms with Crippen molar-refractivity contribution in [3.63, 3.8) is 0 Å². The Balaban J connectivity index is 2.06. The summed E-state index contributed by atoms with van der Waals surface area (Å²) in [5, 5.41) is 18.7. The third kappa shape index (κ3) is 2.79. The summed E-state index contributed by atoms with van der Waals surface area (Å²) in [6.07, 6.45) is 6.60. The molecule has 1 unspecified atom stereocenters. The van der Waals surface area contributed by atoms with E-state index in [1.807, 2.05) is 34.7 Å². The van der Waals surface area contributed by atoms with Crippen molar-refractivity contribution in [3.8, 4) is 0 Å². The Bertz CT molecular complexity index is 489. The van der Waals surface area contributed by atoms with Crippen LogP contribution in [-0.4, -0.2) is 24.7 Å². The second-order valence-electron chi connectivity index (χ2n) is 4.40. The van der Waals surface area contributed by atoms with Crippen molar-refractivity contribution in [3.05, 3.63) is 35.9 Å². The van der Waals surface area contributed by atoms with Gasteiger partial charge in [-0.2, -0.15) is 10.2 Å². The van der Waals surface area contributed by atoms with Gasteiger partial charge in [0, 0.05) is 31.9 Å². The summed E-state index contributed by atoms with van der Waals surface area (Å²) in [6, 6.07) is 1.88. The molecular weight excluding hydrogens is 228 g/mol. The number of hydrogen-bond donors (Lipinski definition) is 1. The molecule has 0 aliphatic carbocycles. The molecule has 18 heavy (non-hydrogen) atoms. The molecule has 0 saturated carbocycles. The molecule has 0 bridgehead atoms. The smallest absolute Gasteiger partial charge is 0.0997 e. The summed E-state index contributed by atoms with van der Waals surface area (Å²) in [5.41, 5.74) is 1.93. The van der Waals surface area contributed by atoms with E-state index in [-0.39, 0.29) is 0 Å². The van der Waals surface area contributed by atoms with Gasteiger partial charge in [-0.25, -0.2) is 0 Å². The highest BCUT2D eigenvalue weighted by molar-refractivity contribution is 5.12. The lowest BCUT2D eigenvalue weighted by molar-refractivity contribution is 0.166. The zero-order valence-corrected chi connectivity index (χ0v) is 11.0. The average molecular weight is 248 g/mol. The molecule has 2 rings (SSSR count). The molecule has 1 N–H and O–H groups in total. The van der Waals surface area contributed by atoms with E-state index in [0.717, 1.165) is 30.8 Å². The van der Waals surface area contributed by atoms with Gasteiger partial charge in [0.2, 0.25) is 0 Å². The molecule has 0 aliphatic rings. The predicted molar refractivity (Wildman–Crippen MR) is 69.1 cm³/mol. The molecule has 1 atom stereocenters. The highest BCUT2D eigenvalue weighted by Gasteiger charge is 2.14. The minimum absolute atomic E-state index is 0.520. The number of aryl methyl sites for hydroxylation is 2. The van der Waals surface area contributed by atoms with Crippen LogP contribution in [0.1, 0.15) is 37.6 Å². The topological polar surface area (TPSA) is 55.9 Å². The van der Waals surface area contributed by atoms with Gasteiger partial charge >= 0.3 is 0 Å². The molecule has 0 amide bonds. The normalized spacial score (nSPS) is 12.8. The maximum absolute atomic E-state index is 10.3. The van der Waals surface area contributed by atoms with Crippen molar-refractivity contribution in [2.75, 3.05) is 0 Å². The average Bonchev–Trinajstić information content (AvgIpc) is 2.98. The van der Waals surface area contributed by atoms with Crippen LogP contribution >= 0.6 is 0 Å². The summed E-state index contributed by atoms with van der Waals surface area (Å²) in [6.45, 7) is 5.84. The third-order valence-corrected chi connectivity index (χ3v) is 2.97. The first-order chi connectivity index (χ1) is 8.74. The minimum Gasteiger partial charge on any atom is -0.386 e. The number of nitrogens with zero attached hydrogens (tertiary/aromatic N) is 4. The van der Waals surface area contributed by atoms with Crippen LogP contribution in [0.4, 0.5) is 0 Å². The Kier molecular flexibility index (Phi) is 4.15. The molecule has 5 heteroatoms. The second-order valence-corrected chi connectivity index (χ2v) is 4.40. The molecule has 0 radical (unpaired) electrons. The fraction of sp³-hybridized carbons (Fsp3) is 0.538. The van der Waals surface area contributed by atoms with Gasteiger partial charge in [-0.3, -0.25) is 9.36 Å². The molecule has 2 aromatic heterocycles. The third-order valence-electron chi connectivity index (χ3n) is 2.97. The summed E-state index contributed by atoms with van der Waals surface area (Å²) < 4.78 is 3.74. The lowest BCUT2D eigenvalue weighted by Crippen LogP contribution is -2.10. The summed E-state index contributed by atoms with van der Waals surface area (Å²) >= 11 is 0. The number of aromatic nitrogens is 4. The maximum Gasteiger partial charge on any atom is 0.0997 e. The largest absolute Gasteiger partial charge is 0.386 e. The molecule has 2 aromatic rings. The van der Waals surface area contributed by atoms with Gasteiger partial charge in [-0.05, 0) is 25.0 Å². The zero-order chi connectivity index (χ0) is 13.0. The van der Waals surface area contributed by atoms with E-state index >= 15 is 0 Å². The number of aliphatic hydroxyl groups excluding tert-OH is 1. The van der Waals surface area contributed by atoms with Crippen LogP contribution in [0.25, 0.3) is 0 Å². The van der Waals surface area contributed by atoms with Gasteiger partial charge in [-0.15, -0.1) is 0 Å². The van der Waals surface area contributed by atoms with E-state index in [1.54, 1.807) is 6.20 Å². The van der Waals surface area contributed by atoms with Crippen molar-refractivity contribution < 1.29 is 5.11 Å². The molecule has 0 aliphatic heterocycles. The Labute approximate surface area is 107 Å². The molecular formula is C13H20N4O. The van der Waals surface area contributed by atoms with E-state index in [1.165, 1.54) is 0 Å². The van der Waals surface area contributed by atoms with E-state index in [9.17, 15) is 5.11 Å². The Hall–Kier alpha value is -1.62. The SMILES string of the molecule is CCCn1nccc1C(O)Cc1cnn(CC)c1. The van der Waals surface area contributed by atoms with Crippen LogP contribution in [-0.2, 0) is 19.5 Å². The van der Waals surface area contributed by atoms with Gasteiger partial charge in [0.25, 0.3) is 0 Å². The van der Waals surface area contributed by atoms with Gasteiger partial charge in [0.05, 0.1) is 18.0 Å². The second kappa shape index (κ2) is 5.82. The lowest BCUT2D eigenvalue weighted by Gasteiger charge is -2.11. The molecule has 0 aromatic carbocycles. The Morgan fingerprint density at radius 2 is 2.17 bits per heavy atom. The van der Waals surface area contributed by atoms with Crippen molar-refractivity contribution in [2.24, 2.45) is 0 Å². The van der Waals surface area contributed by atoms with Crippen LogP contribution in [0, 0.1) is 0 Å². The van der Waals surface area contributed by atoms with Crippen molar-refractivity contribution in [1.82, 2.24) is 19.6 Å². The minimum atomic E-state index is -0.520. The first-order valence-electron chi connectivity index (χ1n) is 6.45. The summed E-state index contributed by atoms with van der Waals surface area (Å²) in [7, 11) is 0. The quantitative estimate of drug-likeness (QED) is 0.848. The first kappa shape index (κ1) is 12.8. The summed E-state index contributed by atoms with van der Waals surface area (Å²) in [5.74, 6) is 0.